The molecule has 2 nitrogen and oxygen atoms in total. The third-order valence-electron chi connectivity index (χ3n) is 3.57. The van der Waals surface area contributed by atoms with Gasteiger partial charge in [0.25, 0.3) is 0 Å². The smallest absolute Gasteiger partial charge is 0.118 e. The summed E-state index contributed by atoms with van der Waals surface area (Å²) in [5.41, 5.74) is 1.94. The first-order valence-corrected chi connectivity index (χ1v) is 8.06. The molecule has 3 rings (SSSR count). The molecule has 3 aromatic carbocycles. The van der Waals surface area contributed by atoms with E-state index in [0.717, 1.165) is 22.0 Å². The summed E-state index contributed by atoms with van der Waals surface area (Å²) in [6, 6.07) is 23.9. The highest BCUT2D eigenvalue weighted by atomic mass is 32.1. The molecule has 0 aliphatic carbocycles. The summed E-state index contributed by atoms with van der Waals surface area (Å²) >= 11 is 5.32. The third kappa shape index (κ3) is 4.09. The molecule has 0 atom stereocenters. The van der Waals surface area contributed by atoms with Crippen molar-refractivity contribution in [3.63, 3.8) is 0 Å². The normalized spacial score (nSPS) is 11.8. The number of allylic oxidation sites excluding steroid dienone is 1. The molecule has 0 aromatic heterocycles. The molecule has 24 heavy (non-hydrogen) atoms. The van der Waals surface area contributed by atoms with Gasteiger partial charge in [0.2, 0.25) is 0 Å². The van der Waals surface area contributed by atoms with Crippen LogP contribution in [0.3, 0.4) is 0 Å². The van der Waals surface area contributed by atoms with Crippen molar-refractivity contribution in [2.24, 2.45) is 0 Å². The van der Waals surface area contributed by atoms with Crippen molar-refractivity contribution in [3.8, 4) is 0 Å². The maximum atomic E-state index is 10.0. The fourth-order valence-corrected chi connectivity index (χ4v) is 2.66. The molecule has 0 amide bonds. The average Bonchev–Trinajstić information content (AvgIpc) is 2.61. The van der Waals surface area contributed by atoms with Crippen LogP contribution in [0.4, 0.5) is 5.69 Å². The van der Waals surface area contributed by atoms with E-state index < -0.39 is 0 Å². The SMILES string of the molecule is OC(=C\C(=S)Nc1cccc2ccccc12)/C=C/c1ccccc1. The zero-order valence-electron chi connectivity index (χ0n) is 13.0. The van der Waals surface area contributed by atoms with Crippen LogP contribution in [0.1, 0.15) is 5.56 Å². The molecule has 0 radical (unpaired) electrons. The first-order valence-electron chi connectivity index (χ1n) is 7.65. The lowest BCUT2D eigenvalue weighted by Crippen LogP contribution is -2.06. The van der Waals surface area contributed by atoms with Gasteiger partial charge in [-0.2, -0.15) is 0 Å². The van der Waals surface area contributed by atoms with E-state index >= 15 is 0 Å². The van der Waals surface area contributed by atoms with E-state index in [2.05, 4.69) is 17.4 Å². The number of nitrogens with one attached hydrogen (secondary N) is 1. The predicted octanol–water partition coefficient (Wildman–Crippen LogP) is 5.73. The van der Waals surface area contributed by atoms with Crippen molar-refractivity contribution < 1.29 is 5.11 Å². The highest BCUT2D eigenvalue weighted by molar-refractivity contribution is 7.81. The molecule has 0 saturated heterocycles. The highest BCUT2D eigenvalue weighted by Gasteiger charge is 2.01. The molecule has 118 valence electrons. The highest BCUT2D eigenvalue weighted by Crippen LogP contribution is 2.23. The number of fused-ring (bicyclic) bond motifs is 1. The lowest BCUT2D eigenvalue weighted by molar-refractivity contribution is 0.434. The van der Waals surface area contributed by atoms with Gasteiger partial charge in [0.15, 0.2) is 0 Å². The van der Waals surface area contributed by atoms with Crippen LogP contribution in [0.25, 0.3) is 16.8 Å². The van der Waals surface area contributed by atoms with E-state index in [-0.39, 0.29) is 5.76 Å². The van der Waals surface area contributed by atoms with Crippen LogP contribution in [-0.2, 0) is 0 Å². The first-order chi connectivity index (χ1) is 11.7. The Hall–Kier alpha value is -2.91. The van der Waals surface area contributed by atoms with Crippen LogP contribution < -0.4 is 5.32 Å². The average molecular weight is 331 g/mol. The first kappa shape index (κ1) is 16.0. The minimum absolute atomic E-state index is 0.108. The van der Waals surface area contributed by atoms with Crippen LogP contribution in [-0.4, -0.2) is 10.1 Å². The van der Waals surface area contributed by atoms with Gasteiger partial charge in [0, 0.05) is 17.1 Å². The second-order valence-corrected chi connectivity index (χ2v) is 5.77. The zero-order valence-corrected chi connectivity index (χ0v) is 13.8. The number of benzene rings is 3. The minimum Gasteiger partial charge on any atom is -0.508 e. The van der Waals surface area contributed by atoms with E-state index in [9.17, 15) is 5.11 Å². The molecular formula is C21H17NOS. The molecule has 0 unspecified atom stereocenters. The Kier molecular flexibility index (Phi) is 5.04. The zero-order chi connectivity index (χ0) is 16.8. The molecular weight excluding hydrogens is 314 g/mol. The maximum Gasteiger partial charge on any atom is 0.118 e. The van der Waals surface area contributed by atoms with Crippen LogP contribution in [0.5, 0.6) is 0 Å². The number of hydrogen-bond donors (Lipinski definition) is 2. The number of aliphatic hydroxyl groups excluding tert-OH is 1. The van der Waals surface area contributed by atoms with Crippen molar-refractivity contribution in [2.45, 2.75) is 0 Å². The summed E-state index contributed by atoms with van der Waals surface area (Å²) in [5.74, 6) is 0.108. The molecule has 0 aliphatic heterocycles. The largest absolute Gasteiger partial charge is 0.508 e. The lowest BCUT2D eigenvalue weighted by Gasteiger charge is -2.08. The van der Waals surface area contributed by atoms with Gasteiger partial charge in [-0.05, 0) is 23.1 Å². The summed E-state index contributed by atoms with van der Waals surface area (Å²) in [5, 5.41) is 15.4. The molecule has 2 N–H and O–H groups in total. The minimum atomic E-state index is 0.108. The van der Waals surface area contributed by atoms with Crippen LogP contribution >= 0.6 is 12.2 Å². The van der Waals surface area contributed by atoms with Crippen molar-refractivity contribution in [1.29, 1.82) is 0 Å². The standard InChI is InChI=1S/C21H17NOS/c23-18(14-13-16-7-2-1-3-8-16)15-21(24)22-20-12-6-10-17-9-4-5-11-19(17)20/h1-15,23H,(H,22,24)/b14-13+,18-15-. The van der Waals surface area contributed by atoms with Gasteiger partial charge in [-0.15, -0.1) is 0 Å². The van der Waals surface area contributed by atoms with Crippen molar-refractivity contribution >= 4 is 39.7 Å². The Morgan fingerprint density at radius 3 is 2.42 bits per heavy atom. The van der Waals surface area contributed by atoms with Crippen LogP contribution in [0, 0.1) is 0 Å². The number of rotatable bonds is 4. The number of anilines is 1. The quantitative estimate of drug-likeness (QED) is 0.277. The molecule has 3 heteroatoms. The van der Waals surface area contributed by atoms with Gasteiger partial charge in [0.05, 0.1) is 0 Å². The van der Waals surface area contributed by atoms with Gasteiger partial charge >= 0.3 is 0 Å². The summed E-state index contributed by atoms with van der Waals surface area (Å²) in [6.45, 7) is 0. The third-order valence-corrected chi connectivity index (χ3v) is 3.79. The Morgan fingerprint density at radius 1 is 0.875 bits per heavy atom. The summed E-state index contributed by atoms with van der Waals surface area (Å²) in [4.78, 5) is 0.460. The van der Waals surface area contributed by atoms with Gasteiger partial charge < -0.3 is 10.4 Å². The summed E-state index contributed by atoms with van der Waals surface area (Å²) < 4.78 is 0. The molecule has 0 bridgehead atoms. The second kappa shape index (κ2) is 7.57. The molecule has 0 fully saturated rings. The lowest BCUT2D eigenvalue weighted by atomic mass is 10.1. The number of thiocarbonyl (C=S) groups is 1. The van der Waals surface area contributed by atoms with Gasteiger partial charge in [-0.1, -0.05) is 85.0 Å². The van der Waals surface area contributed by atoms with Crippen molar-refractivity contribution in [3.05, 3.63) is 96.3 Å². The Labute approximate surface area is 146 Å². The number of aliphatic hydroxyl groups is 1. The van der Waals surface area contributed by atoms with E-state index in [0.29, 0.717) is 4.99 Å². The van der Waals surface area contributed by atoms with E-state index in [4.69, 9.17) is 12.2 Å². The molecule has 0 saturated carbocycles. The molecule has 3 aromatic rings. The van der Waals surface area contributed by atoms with Crippen LogP contribution in [0.15, 0.2) is 90.7 Å². The summed E-state index contributed by atoms with van der Waals surface area (Å²) in [6.07, 6.45) is 5.01. The molecule has 0 aliphatic rings. The topological polar surface area (TPSA) is 32.3 Å². The Morgan fingerprint density at radius 2 is 1.58 bits per heavy atom. The van der Waals surface area contributed by atoms with Gasteiger partial charge in [-0.25, -0.2) is 0 Å². The fourth-order valence-electron chi connectivity index (χ4n) is 2.43. The second-order valence-electron chi connectivity index (χ2n) is 5.33. The summed E-state index contributed by atoms with van der Waals surface area (Å²) in [7, 11) is 0. The van der Waals surface area contributed by atoms with Crippen molar-refractivity contribution in [2.75, 3.05) is 5.32 Å². The maximum absolute atomic E-state index is 10.0. The Bertz CT molecular complexity index is 908. The number of hydrogen-bond acceptors (Lipinski definition) is 2. The van der Waals surface area contributed by atoms with E-state index in [1.54, 1.807) is 6.08 Å². The monoisotopic (exact) mass is 331 g/mol. The van der Waals surface area contributed by atoms with E-state index in [1.807, 2.05) is 66.7 Å². The fraction of sp³-hybridized carbons (Fsp3) is 0. The van der Waals surface area contributed by atoms with Gasteiger partial charge in [-0.3, -0.25) is 0 Å². The van der Waals surface area contributed by atoms with Crippen molar-refractivity contribution in [1.82, 2.24) is 0 Å². The Balaban J connectivity index is 1.73. The van der Waals surface area contributed by atoms with Gasteiger partial charge in [0.1, 0.15) is 10.7 Å². The van der Waals surface area contributed by atoms with Crippen LogP contribution in [0.2, 0.25) is 0 Å². The van der Waals surface area contributed by atoms with E-state index in [1.165, 1.54) is 6.08 Å². The molecule has 0 spiro atoms. The molecule has 0 heterocycles. The predicted molar refractivity (Wildman–Crippen MR) is 106 cm³/mol.